The van der Waals surface area contributed by atoms with Gasteiger partial charge in [0.05, 0.1) is 12.1 Å². The van der Waals surface area contributed by atoms with Crippen LogP contribution in [0.5, 0.6) is 0 Å². The highest BCUT2D eigenvalue weighted by Gasteiger charge is 2.40. The van der Waals surface area contributed by atoms with Gasteiger partial charge in [0.15, 0.2) is 5.96 Å². The Kier molecular flexibility index (Phi) is 5.45. The van der Waals surface area contributed by atoms with Crippen molar-refractivity contribution in [3.05, 3.63) is 0 Å². The van der Waals surface area contributed by atoms with Gasteiger partial charge in [-0.05, 0) is 32.9 Å². The molecule has 0 aromatic carbocycles. The molecule has 4 heteroatoms. The van der Waals surface area contributed by atoms with E-state index in [2.05, 4.69) is 49.7 Å². The fourth-order valence-corrected chi connectivity index (χ4v) is 2.71. The second-order valence-electron chi connectivity index (χ2n) is 5.92. The van der Waals surface area contributed by atoms with Crippen LogP contribution in [0, 0.1) is 5.92 Å². The fraction of sp³-hybridized carbons (Fsp3) is 0.929. The van der Waals surface area contributed by atoms with Crippen molar-refractivity contribution in [1.29, 1.82) is 0 Å². The molecule has 0 spiro atoms. The van der Waals surface area contributed by atoms with Gasteiger partial charge in [-0.15, -0.1) is 0 Å². The van der Waals surface area contributed by atoms with Crippen molar-refractivity contribution < 1.29 is 0 Å². The Balaban J connectivity index is 2.76. The van der Waals surface area contributed by atoms with E-state index in [1.807, 2.05) is 0 Å². The molecule has 2 atom stereocenters. The van der Waals surface area contributed by atoms with Crippen molar-refractivity contribution >= 4 is 5.96 Å². The Morgan fingerprint density at radius 2 is 2.11 bits per heavy atom. The number of rotatable bonds is 7. The van der Waals surface area contributed by atoms with E-state index in [0.717, 1.165) is 37.9 Å². The molecule has 18 heavy (non-hydrogen) atoms. The van der Waals surface area contributed by atoms with Crippen LogP contribution in [-0.2, 0) is 0 Å². The van der Waals surface area contributed by atoms with Crippen LogP contribution in [0.15, 0.2) is 4.99 Å². The van der Waals surface area contributed by atoms with Crippen LogP contribution < -0.4 is 5.73 Å². The Labute approximate surface area is 112 Å². The van der Waals surface area contributed by atoms with Crippen molar-refractivity contribution in [1.82, 2.24) is 9.80 Å². The van der Waals surface area contributed by atoms with Crippen molar-refractivity contribution in [3.8, 4) is 0 Å². The quantitative estimate of drug-likeness (QED) is 0.753. The third-order valence-electron chi connectivity index (χ3n) is 4.24. The number of guanidine groups is 1. The summed E-state index contributed by atoms with van der Waals surface area (Å²) in [5.74, 6) is 1.47. The standard InChI is InChI=1S/C14H30N4/c1-6-12(3)10-14(7-2)11-16-13(15)18(14)9-8-17(4)5/h12H,6-11H2,1-5H3,(H2,15,16). The Bertz CT molecular complexity index is 288. The maximum Gasteiger partial charge on any atom is 0.191 e. The predicted octanol–water partition coefficient (Wildman–Crippen LogP) is 1.76. The topological polar surface area (TPSA) is 44.9 Å². The number of hydrogen-bond donors (Lipinski definition) is 1. The first-order valence-electron chi connectivity index (χ1n) is 7.17. The molecule has 0 radical (unpaired) electrons. The molecule has 1 rings (SSSR count). The van der Waals surface area contributed by atoms with Crippen LogP contribution in [0.2, 0.25) is 0 Å². The lowest BCUT2D eigenvalue weighted by Gasteiger charge is -2.41. The van der Waals surface area contributed by atoms with Gasteiger partial charge >= 0.3 is 0 Å². The molecular weight excluding hydrogens is 224 g/mol. The molecule has 2 unspecified atom stereocenters. The molecule has 106 valence electrons. The van der Waals surface area contributed by atoms with Crippen molar-refractivity contribution in [2.24, 2.45) is 16.6 Å². The van der Waals surface area contributed by atoms with Crippen LogP contribution in [0.4, 0.5) is 0 Å². The highest BCUT2D eigenvalue weighted by Crippen LogP contribution is 2.32. The smallest absolute Gasteiger partial charge is 0.191 e. The lowest BCUT2D eigenvalue weighted by atomic mass is 9.84. The van der Waals surface area contributed by atoms with Crippen LogP contribution in [0.25, 0.3) is 0 Å². The lowest BCUT2D eigenvalue weighted by molar-refractivity contribution is 0.145. The van der Waals surface area contributed by atoms with Gasteiger partial charge in [0, 0.05) is 13.1 Å². The van der Waals surface area contributed by atoms with Gasteiger partial charge < -0.3 is 15.5 Å². The summed E-state index contributed by atoms with van der Waals surface area (Å²) in [5, 5.41) is 0. The molecule has 0 aromatic heterocycles. The van der Waals surface area contributed by atoms with Gasteiger partial charge in [-0.2, -0.15) is 0 Å². The fourth-order valence-electron chi connectivity index (χ4n) is 2.71. The number of nitrogens with two attached hydrogens (primary N) is 1. The minimum Gasteiger partial charge on any atom is -0.370 e. The molecule has 1 aliphatic rings. The first kappa shape index (κ1) is 15.3. The van der Waals surface area contributed by atoms with E-state index < -0.39 is 0 Å². The van der Waals surface area contributed by atoms with Gasteiger partial charge in [0.2, 0.25) is 0 Å². The first-order valence-corrected chi connectivity index (χ1v) is 7.17. The van der Waals surface area contributed by atoms with E-state index in [-0.39, 0.29) is 5.54 Å². The maximum atomic E-state index is 6.09. The average Bonchev–Trinajstić information content (AvgIpc) is 2.64. The Morgan fingerprint density at radius 1 is 1.44 bits per heavy atom. The normalized spacial score (nSPS) is 25.7. The summed E-state index contributed by atoms with van der Waals surface area (Å²) >= 11 is 0. The summed E-state index contributed by atoms with van der Waals surface area (Å²) in [7, 11) is 4.21. The van der Waals surface area contributed by atoms with Crippen LogP contribution in [0.3, 0.4) is 0 Å². The molecule has 0 saturated heterocycles. The molecule has 2 N–H and O–H groups in total. The molecule has 1 aliphatic heterocycles. The Morgan fingerprint density at radius 3 is 2.61 bits per heavy atom. The van der Waals surface area contributed by atoms with Crippen molar-refractivity contribution in [3.63, 3.8) is 0 Å². The summed E-state index contributed by atoms with van der Waals surface area (Å²) in [6, 6.07) is 0. The van der Waals surface area contributed by atoms with E-state index in [9.17, 15) is 0 Å². The van der Waals surface area contributed by atoms with Gasteiger partial charge in [-0.25, -0.2) is 0 Å². The lowest BCUT2D eigenvalue weighted by Crippen LogP contribution is -2.53. The second kappa shape index (κ2) is 6.41. The molecule has 0 aliphatic carbocycles. The molecule has 0 amide bonds. The van der Waals surface area contributed by atoms with Gasteiger partial charge in [0.25, 0.3) is 0 Å². The van der Waals surface area contributed by atoms with Gasteiger partial charge in [-0.3, -0.25) is 4.99 Å². The SMILES string of the molecule is CCC(C)CC1(CC)CN=C(N)N1CCN(C)C. The Hall–Kier alpha value is -0.770. The molecule has 0 bridgehead atoms. The second-order valence-corrected chi connectivity index (χ2v) is 5.92. The summed E-state index contributed by atoms with van der Waals surface area (Å²) in [6.07, 6.45) is 3.54. The summed E-state index contributed by atoms with van der Waals surface area (Å²) in [6.45, 7) is 9.73. The van der Waals surface area contributed by atoms with Crippen LogP contribution in [-0.4, -0.2) is 55.0 Å². The third-order valence-corrected chi connectivity index (χ3v) is 4.24. The van der Waals surface area contributed by atoms with Crippen molar-refractivity contribution in [2.45, 2.75) is 45.6 Å². The molecule has 1 heterocycles. The number of hydrogen-bond acceptors (Lipinski definition) is 4. The van der Waals surface area contributed by atoms with Crippen LogP contribution in [0.1, 0.15) is 40.0 Å². The predicted molar refractivity (Wildman–Crippen MR) is 78.8 cm³/mol. The van der Waals surface area contributed by atoms with Gasteiger partial charge in [0.1, 0.15) is 0 Å². The number of likely N-dealkylation sites (N-methyl/N-ethyl adjacent to an activating group) is 1. The zero-order chi connectivity index (χ0) is 13.8. The zero-order valence-corrected chi connectivity index (χ0v) is 12.7. The van der Waals surface area contributed by atoms with E-state index in [1.165, 1.54) is 12.8 Å². The summed E-state index contributed by atoms with van der Waals surface area (Å²) < 4.78 is 0. The van der Waals surface area contributed by atoms with E-state index >= 15 is 0 Å². The third kappa shape index (κ3) is 3.37. The zero-order valence-electron chi connectivity index (χ0n) is 12.7. The highest BCUT2D eigenvalue weighted by atomic mass is 15.4. The van der Waals surface area contributed by atoms with E-state index in [1.54, 1.807) is 0 Å². The number of nitrogens with zero attached hydrogens (tertiary/aromatic N) is 3. The van der Waals surface area contributed by atoms with Crippen LogP contribution >= 0.6 is 0 Å². The molecule has 4 nitrogen and oxygen atoms in total. The highest BCUT2D eigenvalue weighted by molar-refractivity contribution is 5.81. The molecular formula is C14H30N4. The van der Waals surface area contributed by atoms with Gasteiger partial charge in [-0.1, -0.05) is 27.2 Å². The molecule has 0 saturated carbocycles. The average molecular weight is 254 g/mol. The summed E-state index contributed by atoms with van der Waals surface area (Å²) in [4.78, 5) is 9.06. The first-order chi connectivity index (χ1) is 8.45. The summed E-state index contributed by atoms with van der Waals surface area (Å²) in [5.41, 5.74) is 6.25. The minimum absolute atomic E-state index is 0.162. The van der Waals surface area contributed by atoms with Crippen molar-refractivity contribution in [2.75, 3.05) is 33.7 Å². The van der Waals surface area contributed by atoms with E-state index in [4.69, 9.17) is 5.73 Å². The molecule has 0 aromatic rings. The monoisotopic (exact) mass is 254 g/mol. The molecule has 0 fully saturated rings. The number of aliphatic imine (C=N–C) groups is 1. The largest absolute Gasteiger partial charge is 0.370 e. The minimum atomic E-state index is 0.162. The van der Waals surface area contributed by atoms with E-state index in [0.29, 0.717) is 0 Å². The maximum absolute atomic E-state index is 6.09.